The summed E-state index contributed by atoms with van der Waals surface area (Å²) in [6.07, 6.45) is 3.64. The van der Waals surface area contributed by atoms with E-state index in [9.17, 15) is 4.79 Å². The molecule has 2 aliphatic rings. The average Bonchev–Trinajstić information content (AvgIpc) is 3.00. The van der Waals surface area contributed by atoms with Crippen molar-refractivity contribution in [2.75, 3.05) is 31.7 Å². The number of aromatic amines is 1. The van der Waals surface area contributed by atoms with Crippen LogP contribution in [0.3, 0.4) is 0 Å². The Morgan fingerprint density at radius 2 is 2.10 bits per heavy atom. The zero-order valence-electron chi connectivity index (χ0n) is 16.5. The van der Waals surface area contributed by atoms with Crippen molar-refractivity contribution in [2.45, 2.75) is 41.7 Å². The van der Waals surface area contributed by atoms with Crippen molar-refractivity contribution in [3.05, 3.63) is 39.8 Å². The van der Waals surface area contributed by atoms with Crippen molar-refractivity contribution in [2.24, 2.45) is 11.1 Å². The van der Waals surface area contributed by atoms with Gasteiger partial charge in [0, 0.05) is 35.6 Å². The first-order valence-electron chi connectivity index (χ1n) is 9.65. The molecular formula is C20H25ClN4O3S. The molecule has 3 N–H and O–H groups in total. The summed E-state index contributed by atoms with van der Waals surface area (Å²) in [6.45, 7) is 4.47. The second-order valence-electron chi connectivity index (χ2n) is 7.66. The van der Waals surface area contributed by atoms with E-state index >= 15 is 0 Å². The fourth-order valence-electron chi connectivity index (χ4n) is 4.13. The standard InChI is InChI=1S/C20H25ClN4O3S/c1-12-17(22)20(11-28-12)6-9-25(10-7-20)15-4-3-14(18(26)24-15)29-13-5-8-23-19(27-2)16(13)21/h3-5,8,12,17H,6-7,9-11,22H2,1-2H3,(H,24,26)/t12-,17+/m0/s1. The average molecular weight is 437 g/mol. The van der Waals surface area contributed by atoms with Crippen molar-refractivity contribution >= 4 is 29.2 Å². The molecule has 4 rings (SSSR count). The molecule has 0 amide bonds. The summed E-state index contributed by atoms with van der Waals surface area (Å²) in [5.41, 5.74) is 6.31. The summed E-state index contributed by atoms with van der Waals surface area (Å²) in [7, 11) is 1.51. The number of pyridine rings is 2. The molecule has 2 aromatic heterocycles. The van der Waals surface area contributed by atoms with Gasteiger partial charge in [0.25, 0.3) is 5.56 Å². The highest BCUT2D eigenvalue weighted by molar-refractivity contribution is 7.99. The molecule has 0 bridgehead atoms. The van der Waals surface area contributed by atoms with Crippen LogP contribution in [0.5, 0.6) is 5.88 Å². The largest absolute Gasteiger partial charge is 0.480 e. The van der Waals surface area contributed by atoms with Gasteiger partial charge >= 0.3 is 0 Å². The van der Waals surface area contributed by atoms with E-state index in [0.29, 0.717) is 15.8 Å². The van der Waals surface area contributed by atoms with Gasteiger partial charge in [0.1, 0.15) is 10.8 Å². The van der Waals surface area contributed by atoms with Gasteiger partial charge in [0.2, 0.25) is 5.88 Å². The maximum absolute atomic E-state index is 12.7. The molecule has 156 valence electrons. The number of aromatic nitrogens is 2. The Kier molecular flexibility index (Phi) is 5.79. The lowest BCUT2D eigenvalue weighted by atomic mass is 9.73. The monoisotopic (exact) mass is 436 g/mol. The molecular weight excluding hydrogens is 412 g/mol. The van der Waals surface area contributed by atoms with Crippen molar-refractivity contribution < 1.29 is 9.47 Å². The summed E-state index contributed by atoms with van der Waals surface area (Å²) >= 11 is 7.59. The van der Waals surface area contributed by atoms with Crippen LogP contribution in [0.25, 0.3) is 0 Å². The maximum Gasteiger partial charge on any atom is 0.263 e. The van der Waals surface area contributed by atoms with Crippen LogP contribution in [0.2, 0.25) is 5.02 Å². The van der Waals surface area contributed by atoms with Crippen LogP contribution in [0.1, 0.15) is 19.8 Å². The van der Waals surface area contributed by atoms with Crippen molar-refractivity contribution in [3.8, 4) is 5.88 Å². The fraction of sp³-hybridized carbons (Fsp3) is 0.500. The molecule has 9 heteroatoms. The number of anilines is 1. The van der Waals surface area contributed by atoms with Gasteiger partial charge in [0.05, 0.1) is 24.7 Å². The molecule has 0 unspecified atom stereocenters. The minimum atomic E-state index is -0.144. The molecule has 0 aliphatic carbocycles. The van der Waals surface area contributed by atoms with Crippen LogP contribution >= 0.6 is 23.4 Å². The van der Waals surface area contributed by atoms with E-state index in [-0.39, 0.29) is 23.1 Å². The van der Waals surface area contributed by atoms with E-state index in [1.54, 1.807) is 12.3 Å². The van der Waals surface area contributed by atoms with E-state index in [0.717, 1.165) is 43.3 Å². The highest BCUT2D eigenvalue weighted by atomic mass is 35.5. The van der Waals surface area contributed by atoms with Gasteiger partial charge in [-0.15, -0.1) is 0 Å². The quantitative estimate of drug-likeness (QED) is 0.760. The molecule has 0 radical (unpaired) electrons. The smallest absolute Gasteiger partial charge is 0.263 e. The lowest BCUT2D eigenvalue weighted by Gasteiger charge is -2.41. The van der Waals surface area contributed by atoms with Gasteiger partial charge in [-0.1, -0.05) is 23.4 Å². The molecule has 2 atom stereocenters. The molecule has 0 saturated carbocycles. The highest BCUT2D eigenvalue weighted by Gasteiger charge is 2.47. The number of piperidine rings is 1. The lowest BCUT2D eigenvalue weighted by Crippen LogP contribution is -2.50. The van der Waals surface area contributed by atoms with Gasteiger partial charge in [-0.2, -0.15) is 0 Å². The zero-order chi connectivity index (χ0) is 20.6. The van der Waals surface area contributed by atoms with Crippen molar-refractivity contribution in [1.29, 1.82) is 0 Å². The second kappa shape index (κ2) is 8.18. The predicted molar refractivity (Wildman–Crippen MR) is 114 cm³/mol. The van der Waals surface area contributed by atoms with E-state index in [1.807, 2.05) is 19.1 Å². The Balaban J connectivity index is 1.47. The molecule has 0 aromatic carbocycles. The summed E-state index contributed by atoms with van der Waals surface area (Å²) in [5.74, 6) is 1.17. The number of hydrogen-bond acceptors (Lipinski definition) is 7. The third-order valence-corrected chi connectivity index (χ3v) is 7.62. The number of rotatable bonds is 4. The number of nitrogens with zero attached hydrogens (tertiary/aromatic N) is 2. The molecule has 2 aliphatic heterocycles. The van der Waals surface area contributed by atoms with E-state index in [4.69, 9.17) is 26.8 Å². The van der Waals surface area contributed by atoms with Crippen molar-refractivity contribution in [3.63, 3.8) is 0 Å². The van der Waals surface area contributed by atoms with Crippen LogP contribution < -0.4 is 20.9 Å². The van der Waals surface area contributed by atoms with Crippen LogP contribution in [0.4, 0.5) is 5.82 Å². The first-order valence-corrected chi connectivity index (χ1v) is 10.8. The maximum atomic E-state index is 12.7. The van der Waals surface area contributed by atoms with Gasteiger partial charge in [0.15, 0.2) is 0 Å². The van der Waals surface area contributed by atoms with E-state index < -0.39 is 0 Å². The Labute approximate surface area is 178 Å². The first kappa shape index (κ1) is 20.5. The molecule has 29 heavy (non-hydrogen) atoms. The fourth-order valence-corrected chi connectivity index (χ4v) is 5.26. The lowest BCUT2D eigenvalue weighted by molar-refractivity contribution is 0.0974. The summed E-state index contributed by atoms with van der Waals surface area (Å²) in [5, 5.41) is 0.397. The van der Waals surface area contributed by atoms with Crippen LogP contribution in [-0.2, 0) is 4.74 Å². The first-order chi connectivity index (χ1) is 13.9. The summed E-state index contributed by atoms with van der Waals surface area (Å²) < 4.78 is 10.9. The number of H-pyrrole nitrogens is 1. The van der Waals surface area contributed by atoms with E-state index in [1.165, 1.54) is 18.9 Å². The third-order valence-electron chi connectivity index (χ3n) is 6.04. The predicted octanol–water partition coefficient (Wildman–Crippen LogP) is 2.92. The van der Waals surface area contributed by atoms with Gasteiger partial charge in [-0.05, 0) is 38.0 Å². The number of nitrogens with one attached hydrogen (secondary N) is 1. The summed E-state index contributed by atoms with van der Waals surface area (Å²) in [4.78, 5) is 23.2. The summed E-state index contributed by atoms with van der Waals surface area (Å²) in [6, 6.07) is 5.62. The number of ether oxygens (including phenoxy) is 2. The van der Waals surface area contributed by atoms with Gasteiger partial charge in [-0.25, -0.2) is 4.98 Å². The Morgan fingerprint density at radius 3 is 2.72 bits per heavy atom. The number of hydrogen-bond donors (Lipinski definition) is 2. The molecule has 1 spiro atoms. The van der Waals surface area contributed by atoms with Gasteiger partial charge in [-0.3, -0.25) is 4.79 Å². The normalized spacial score (nSPS) is 23.5. The Hall–Kier alpha value is -1.74. The van der Waals surface area contributed by atoms with Crippen LogP contribution in [0, 0.1) is 5.41 Å². The van der Waals surface area contributed by atoms with Crippen LogP contribution in [0.15, 0.2) is 39.0 Å². The molecule has 2 fully saturated rings. The van der Waals surface area contributed by atoms with E-state index in [2.05, 4.69) is 14.9 Å². The van der Waals surface area contributed by atoms with Crippen LogP contribution in [-0.4, -0.2) is 48.9 Å². The number of nitrogens with two attached hydrogens (primary N) is 1. The highest BCUT2D eigenvalue weighted by Crippen LogP contribution is 2.42. The third kappa shape index (κ3) is 3.86. The van der Waals surface area contributed by atoms with Gasteiger partial charge < -0.3 is 25.1 Å². The minimum Gasteiger partial charge on any atom is -0.480 e. The topological polar surface area (TPSA) is 93.5 Å². The van der Waals surface area contributed by atoms with Crippen molar-refractivity contribution in [1.82, 2.24) is 9.97 Å². The molecule has 2 saturated heterocycles. The zero-order valence-corrected chi connectivity index (χ0v) is 18.1. The minimum absolute atomic E-state index is 0.0587. The Morgan fingerprint density at radius 1 is 1.34 bits per heavy atom. The molecule has 7 nitrogen and oxygen atoms in total. The SMILES string of the molecule is COc1nccc(Sc2ccc(N3CCC4(CC3)CO[C@@H](C)[C@H]4N)[nH]c2=O)c1Cl. The number of methoxy groups -OCH3 is 1. The molecule has 4 heterocycles. The number of halogens is 1. The molecule has 2 aromatic rings. The second-order valence-corrected chi connectivity index (χ2v) is 9.12. The Bertz CT molecular complexity index is 946.